The molecule has 0 saturated heterocycles. The minimum absolute atomic E-state index is 0.136. The van der Waals surface area contributed by atoms with Crippen molar-refractivity contribution >= 4 is 11.6 Å². The maximum Gasteiger partial charge on any atom is 0.138 e. The highest BCUT2D eigenvalue weighted by Gasteiger charge is 2.16. The summed E-state index contributed by atoms with van der Waals surface area (Å²) < 4.78 is 5.96. The highest BCUT2D eigenvalue weighted by atomic mass is 35.5. The molecular formula is C14H22ClNO. The van der Waals surface area contributed by atoms with Gasteiger partial charge >= 0.3 is 0 Å². The largest absolute Gasteiger partial charge is 0.487 e. The van der Waals surface area contributed by atoms with Crippen molar-refractivity contribution in [3.8, 4) is 5.75 Å². The molecule has 17 heavy (non-hydrogen) atoms. The summed E-state index contributed by atoms with van der Waals surface area (Å²) in [4.78, 5) is 0. The van der Waals surface area contributed by atoms with E-state index in [1.807, 2.05) is 24.3 Å². The first kappa shape index (κ1) is 14.3. The van der Waals surface area contributed by atoms with Crippen LogP contribution in [0.3, 0.4) is 0 Å². The lowest BCUT2D eigenvalue weighted by molar-refractivity contribution is 0.146. The molecular weight excluding hydrogens is 234 g/mol. The maximum atomic E-state index is 6.09. The molecule has 1 atom stereocenters. The van der Waals surface area contributed by atoms with Crippen LogP contribution < -0.4 is 10.1 Å². The molecule has 1 rings (SSSR count). The number of nitrogens with one attached hydrogen (secondary N) is 1. The fraction of sp³-hybridized carbons (Fsp3) is 0.571. The number of benzene rings is 1. The third-order valence-electron chi connectivity index (χ3n) is 2.59. The highest BCUT2D eigenvalue weighted by molar-refractivity contribution is 6.32. The second-order valence-electron chi connectivity index (χ2n) is 4.89. The summed E-state index contributed by atoms with van der Waals surface area (Å²) in [6.07, 6.45) is 0.136. The average molecular weight is 256 g/mol. The Balaban J connectivity index is 2.64. The van der Waals surface area contributed by atoms with E-state index >= 15 is 0 Å². The molecule has 0 amide bonds. The third kappa shape index (κ3) is 4.97. The minimum atomic E-state index is 0.136. The van der Waals surface area contributed by atoms with Gasteiger partial charge in [-0.3, -0.25) is 0 Å². The molecule has 2 nitrogen and oxygen atoms in total. The van der Waals surface area contributed by atoms with Gasteiger partial charge in [0.05, 0.1) is 5.02 Å². The molecule has 0 aliphatic rings. The van der Waals surface area contributed by atoms with Gasteiger partial charge in [0.2, 0.25) is 0 Å². The molecule has 1 unspecified atom stereocenters. The summed E-state index contributed by atoms with van der Waals surface area (Å²) in [5.41, 5.74) is 0. The van der Waals surface area contributed by atoms with Crippen molar-refractivity contribution in [2.75, 3.05) is 6.54 Å². The molecule has 0 fully saturated rings. The zero-order chi connectivity index (χ0) is 12.8. The highest BCUT2D eigenvalue weighted by Crippen LogP contribution is 2.25. The Bertz CT molecular complexity index is 339. The van der Waals surface area contributed by atoms with Gasteiger partial charge in [0.15, 0.2) is 0 Å². The van der Waals surface area contributed by atoms with Crippen LogP contribution in [0.15, 0.2) is 24.3 Å². The van der Waals surface area contributed by atoms with Gasteiger partial charge in [0.25, 0.3) is 0 Å². The molecule has 96 valence electrons. The van der Waals surface area contributed by atoms with Crippen LogP contribution in [0, 0.1) is 5.92 Å². The van der Waals surface area contributed by atoms with Crippen LogP contribution in [-0.2, 0) is 0 Å². The van der Waals surface area contributed by atoms with Crippen molar-refractivity contribution in [3.05, 3.63) is 29.3 Å². The molecule has 0 aromatic heterocycles. The Morgan fingerprint density at radius 3 is 2.35 bits per heavy atom. The smallest absolute Gasteiger partial charge is 0.138 e. The van der Waals surface area contributed by atoms with E-state index in [-0.39, 0.29) is 6.10 Å². The van der Waals surface area contributed by atoms with Crippen LogP contribution in [0.2, 0.25) is 5.02 Å². The van der Waals surface area contributed by atoms with Gasteiger partial charge in [-0.25, -0.2) is 0 Å². The van der Waals surface area contributed by atoms with Gasteiger partial charge < -0.3 is 10.1 Å². The summed E-state index contributed by atoms with van der Waals surface area (Å²) in [7, 11) is 0. The zero-order valence-electron chi connectivity index (χ0n) is 11.0. The molecule has 0 aliphatic heterocycles. The van der Waals surface area contributed by atoms with Crippen LogP contribution in [-0.4, -0.2) is 18.7 Å². The second-order valence-corrected chi connectivity index (χ2v) is 5.30. The molecule has 0 bridgehead atoms. The predicted octanol–water partition coefficient (Wildman–Crippen LogP) is 3.74. The molecule has 0 heterocycles. The van der Waals surface area contributed by atoms with Crippen LogP contribution in [0.5, 0.6) is 5.75 Å². The lowest BCUT2D eigenvalue weighted by Gasteiger charge is -2.24. The maximum absolute atomic E-state index is 6.09. The molecule has 0 aliphatic carbocycles. The van der Waals surface area contributed by atoms with Crippen molar-refractivity contribution in [2.24, 2.45) is 5.92 Å². The molecule has 0 radical (unpaired) electrons. The lowest BCUT2D eigenvalue weighted by Crippen LogP contribution is -2.38. The first-order chi connectivity index (χ1) is 8.00. The van der Waals surface area contributed by atoms with Gasteiger partial charge in [0.1, 0.15) is 11.9 Å². The Morgan fingerprint density at radius 1 is 1.18 bits per heavy atom. The number of hydrogen-bond donors (Lipinski definition) is 1. The predicted molar refractivity (Wildman–Crippen MR) is 73.8 cm³/mol. The summed E-state index contributed by atoms with van der Waals surface area (Å²) >= 11 is 6.09. The number of hydrogen-bond acceptors (Lipinski definition) is 2. The van der Waals surface area contributed by atoms with Crippen molar-refractivity contribution in [3.63, 3.8) is 0 Å². The van der Waals surface area contributed by atoms with E-state index in [0.29, 0.717) is 17.0 Å². The van der Waals surface area contributed by atoms with Crippen LogP contribution in [0.25, 0.3) is 0 Å². The molecule has 3 heteroatoms. The normalized spacial score (nSPS) is 13.1. The first-order valence-electron chi connectivity index (χ1n) is 6.15. The van der Waals surface area contributed by atoms with Gasteiger partial charge in [-0.1, -0.05) is 51.4 Å². The van der Waals surface area contributed by atoms with E-state index in [9.17, 15) is 0 Å². The Hall–Kier alpha value is -0.730. The van der Waals surface area contributed by atoms with Gasteiger partial charge in [-0.05, 0) is 18.1 Å². The number of rotatable bonds is 6. The topological polar surface area (TPSA) is 21.3 Å². The fourth-order valence-corrected chi connectivity index (χ4v) is 1.65. The minimum Gasteiger partial charge on any atom is -0.487 e. The summed E-state index contributed by atoms with van der Waals surface area (Å²) in [6.45, 7) is 9.41. The summed E-state index contributed by atoms with van der Waals surface area (Å²) in [5, 5.41) is 4.07. The van der Waals surface area contributed by atoms with Crippen molar-refractivity contribution < 1.29 is 4.74 Å². The molecule has 0 spiro atoms. The monoisotopic (exact) mass is 255 g/mol. The van der Waals surface area contributed by atoms with E-state index < -0.39 is 0 Å². The molecule has 0 saturated carbocycles. The summed E-state index contributed by atoms with van der Waals surface area (Å²) in [5.74, 6) is 1.20. The fourth-order valence-electron chi connectivity index (χ4n) is 1.47. The van der Waals surface area contributed by atoms with E-state index in [1.54, 1.807) is 0 Å². The number of halogens is 1. The zero-order valence-corrected chi connectivity index (χ0v) is 11.8. The Labute approximate surface area is 109 Å². The SMILES string of the molecule is CC(C)NCC(Oc1ccccc1Cl)C(C)C. The van der Waals surface area contributed by atoms with Crippen LogP contribution >= 0.6 is 11.6 Å². The number of ether oxygens (including phenoxy) is 1. The van der Waals surface area contributed by atoms with E-state index in [4.69, 9.17) is 16.3 Å². The average Bonchev–Trinajstić information content (AvgIpc) is 2.25. The first-order valence-corrected chi connectivity index (χ1v) is 6.53. The lowest BCUT2D eigenvalue weighted by atomic mass is 10.1. The Kier molecular flexibility index (Phi) is 5.79. The quantitative estimate of drug-likeness (QED) is 0.836. The van der Waals surface area contributed by atoms with Crippen molar-refractivity contribution in [2.45, 2.75) is 39.8 Å². The molecule has 1 aromatic rings. The van der Waals surface area contributed by atoms with E-state index in [0.717, 1.165) is 12.3 Å². The number of para-hydroxylation sites is 1. The van der Waals surface area contributed by atoms with Crippen molar-refractivity contribution in [1.82, 2.24) is 5.32 Å². The molecule has 1 aromatic carbocycles. The summed E-state index contributed by atoms with van der Waals surface area (Å²) in [6, 6.07) is 8.07. The van der Waals surface area contributed by atoms with Gasteiger partial charge in [-0.2, -0.15) is 0 Å². The molecule has 1 N–H and O–H groups in total. The van der Waals surface area contributed by atoms with E-state index in [1.165, 1.54) is 0 Å². The van der Waals surface area contributed by atoms with Crippen molar-refractivity contribution in [1.29, 1.82) is 0 Å². The van der Waals surface area contributed by atoms with E-state index in [2.05, 4.69) is 33.0 Å². The second kappa shape index (κ2) is 6.87. The standard InChI is InChI=1S/C14H22ClNO/c1-10(2)14(9-16-11(3)4)17-13-8-6-5-7-12(13)15/h5-8,10-11,14,16H,9H2,1-4H3. The van der Waals surface area contributed by atoms with Gasteiger partial charge in [-0.15, -0.1) is 0 Å². The Morgan fingerprint density at radius 2 is 1.82 bits per heavy atom. The van der Waals surface area contributed by atoms with Crippen LogP contribution in [0.4, 0.5) is 0 Å². The van der Waals surface area contributed by atoms with Crippen LogP contribution in [0.1, 0.15) is 27.7 Å². The van der Waals surface area contributed by atoms with Gasteiger partial charge in [0, 0.05) is 12.6 Å². The third-order valence-corrected chi connectivity index (χ3v) is 2.90.